The van der Waals surface area contributed by atoms with Gasteiger partial charge in [-0.1, -0.05) is 12.1 Å². The van der Waals surface area contributed by atoms with E-state index in [0.717, 1.165) is 18.8 Å². The average Bonchev–Trinajstić information content (AvgIpc) is 3.26. The molecule has 0 unspecified atom stereocenters. The van der Waals surface area contributed by atoms with Crippen molar-refractivity contribution in [3.8, 4) is 11.8 Å². The molecule has 2 fully saturated rings. The van der Waals surface area contributed by atoms with E-state index in [1.165, 1.54) is 5.56 Å². The number of nitriles is 1. The Balaban J connectivity index is 1.56. The maximum atomic E-state index is 8.93. The van der Waals surface area contributed by atoms with Crippen LogP contribution < -0.4 is 10.1 Å². The summed E-state index contributed by atoms with van der Waals surface area (Å²) in [6.45, 7) is 5.53. The summed E-state index contributed by atoms with van der Waals surface area (Å²) >= 11 is 0. The van der Waals surface area contributed by atoms with Crippen molar-refractivity contribution >= 4 is 0 Å². The van der Waals surface area contributed by atoms with Crippen LogP contribution in [-0.2, 0) is 4.74 Å². The fourth-order valence-electron chi connectivity index (χ4n) is 2.93. The third-order valence-corrected chi connectivity index (χ3v) is 4.32. The molecule has 3 rings (SSSR count). The summed E-state index contributed by atoms with van der Waals surface area (Å²) in [5, 5.41) is 12.4. The first kappa shape index (κ1) is 14.4. The van der Waals surface area contributed by atoms with Crippen molar-refractivity contribution < 1.29 is 9.47 Å². The highest BCUT2D eigenvalue weighted by atomic mass is 16.5. The van der Waals surface area contributed by atoms with E-state index in [4.69, 9.17) is 14.7 Å². The van der Waals surface area contributed by atoms with Crippen LogP contribution in [0.15, 0.2) is 24.3 Å². The Morgan fingerprint density at radius 1 is 1.43 bits per heavy atom. The summed E-state index contributed by atoms with van der Waals surface area (Å²) in [5.41, 5.74) is 1.21. The molecule has 0 bridgehead atoms. The smallest absolute Gasteiger partial charge is 0.119 e. The lowest BCUT2D eigenvalue weighted by atomic mass is 10.1. The highest BCUT2D eigenvalue weighted by molar-refractivity contribution is 5.35. The van der Waals surface area contributed by atoms with Crippen LogP contribution in [0.5, 0.6) is 5.75 Å². The van der Waals surface area contributed by atoms with Crippen LogP contribution in [0.3, 0.4) is 0 Å². The maximum absolute atomic E-state index is 8.93. The molecule has 1 aromatic rings. The van der Waals surface area contributed by atoms with Crippen molar-refractivity contribution in [2.45, 2.75) is 44.4 Å². The molecule has 1 N–H and O–H groups in total. The number of hydrogen-bond acceptors (Lipinski definition) is 4. The summed E-state index contributed by atoms with van der Waals surface area (Å²) in [7, 11) is 0. The summed E-state index contributed by atoms with van der Waals surface area (Å²) in [6, 6.07) is 11.1. The molecule has 0 radical (unpaired) electrons. The van der Waals surface area contributed by atoms with Crippen molar-refractivity contribution in [2.75, 3.05) is 13.2 Å². The number of benzene rings is 1. The minimum absolute atomic E-state index is 0.0811. The van der Waals surface area contributed by atoms with Crippen molar-refractivity contribution in [3.05, 3.63) is 29.8 Å². The second-order valence-electron chi connectivity index (χ2n) is 6.19. The molecule has 1 saturated heterocycles. The number of morpholine rings is 1. The van der Waals surface area contributed by atoms with Gasteiger partial charge in [0.15, 0.2) is 0 Å². The standard InChI is InChI=1S/C17H22N2O2/c1-11-9-21-17(12(2)19-11)10-20-15-5-3-4-13(6-15)16-7-14(16)8-18/h3-6,11-12,14,16-17,19H,7,9-10H2,1-2H3/t11-,12+,14-,16-,17-/m1/s1. The first-order chi connectivity index (χ1) is 10.2. The van der Waals surface area contributed by atoms with Gasteiger partial charge in [-0.15, -0.1) is 0 Å². The zero-order valence-corrected chi connectivity index (χ0v) is 12.6. The largest absolute Gasteiger partial charge is 0.491 e. The molecule has 0 aromatic heterocycles. The highest BCUT2D eigenvalue weighted by Crippen LogP contribution is 2.47. The maximum Gasteiger partial charge on any atom is 0.119 e. The molecule has 4 heteroatoms. The molecule has 1 aromatic carbocycles. The van der Waals surface area contributed by atoms with E-state index >= 15 is 0 Å². The molecule has 0 spiro atoms. The molecule has 21 heavy (non-hydrogen) atoms. The van der Waals surface area contributed by atoms with Gasteiger partial charge in [-0.25, -0.2) is 0 Å². The molecule has 1 aliphatic heterocycles. The highest BCUT2D eigenvalue weighted by Gasteiger charge is 2.38. The minimum Gasteiger partial charge on any atom is -0.491 e. The number of hydrogen-bond donors (Lipinski definition) is 1. The predicted molar refractivity (Wildman–Crippen MR) is 80.2 cm³/mol. The van der Waals surface area contributed by atoms with Crippen LogP contribution in [0.4, 0.5) is 0 Å². The Morgan fingerprint density at radius 3 is 3.00 bits per heavy atom. The third kappa shape index (κ3) is 3.37. The average molecular weight is 286 g/mol. The SMILES string of the molecule is C[C@@H]1CO[C@H](COc2cccc([C@H]3C[C@@H]3C#N)c2)[C@H](C)N1. The zero-order valence-electron chi connectivity index (χ0n) is 12.6. The zero-order chi connectivity index (χ0) is 14.8. The first-order valence-electron chi connectivity index (χ1n) is 7.67. The van der Waals surface area contributed by atoms with Crippen LogP contribution >= 0.6 is 0 Å². The fourth-order valence-corrected chi connectivity index (χ4v) is 2.93. The van der Waals surface area contributed by atoms with E-state index < -0.39 is 0 Å². The van der Waals surface area contributed by atoms with Crippen LogP contribution in [0.25, 0.3) is 0 Å². The van der Waals surface area contributed by atoms with E-state index in [1.54, 1.807) is 0 Å². The van der Waals surface area contributed by atoms with Gasteiger partial charge in [0.1, 0.15) is 18.5 Å². The quantitative estimate of drug-likeness (QED) is 0.923. The van der Waals surface area contributed by atoms with E-state index in [-0.39, 0.29) is 12.0 Å². The van der Waals surface area contributed by atoms with Gasteiger partial charge in [-0.3, -0.25) is 0 Å². The van der Waals surface area contributed by atoms with Crippen LogP contribution in [0, 0.1) is 17.2 Å². The van der Waals surface area contributed by atoms with Gasteiger partial charge in [0, 0.05) is 18.0 Å². The molecule has 1 saturated carbocycles. The Bertz CT molecular complexity index is 540. The lowest BCUT2D eigenvalue weighted by Crippen LogP contribution is -2.53. The van der Waals surface area contributed by atoms with Gasteiger partial charge < -0.3 is 14.8 Å². The van der Waals surface area contributed by atoms with E-state index in [9.17, 15) is 0 Å². The van der Waals surface area contributed by atoms with Gasteiger partial charge in [0.05, 0.1) is 18.6 Å². The van der Waals surface area contributed by atoms with Crippen LogP contribution in [-0.4, -0.2) is 31.4 Å². The normalized spacial score (nSPS) is 35.0. The summed E-state index contributed by atoms with van der Waals surface area (Å²) in [4.78, 5) is 0. The lowest BCUT2D eigenvalue weighted by Gasteiger charge is -2.34. The molecular weight excluding hydrogens is 264 g/mol. The Hall–Kier alpha value is -1.57. The van der Waals surface area contributed by atoms with Crippen LogP contribution in [0.2, 0.25) is 0 Å². The van der Waals surface area contributed by atoms with Crippen molar-refractivity contribution in [1.29, 1.82) is 5.26 Å². The summed E-state index contributed by atoms with van der Waals surface area (Å²) < 4.78 is 11.7. The first-order valence-corrected chi connectivity index (χ1v) is 7.67. The predicted octanol–water partition coefficient (Wildman–Crippen LogP) is 2.46. The second kappa shape index (κ2) is 6.05. The Kier molecular flexibility index (Phi) is 4.14. The van der Waals surface area contributed by atoms with Crippen molar-refractivity contribution in [2.24, 2.45) is 5.92 Å². The van der Waals surface area contributed by atoms with Gasteiger partial charge in [0.2, 0.25) is 0 Å². The Labute approximate surface area is 126 Å². The lowest BCUT2D eigenvalue weighted by molar-refractivity contribution is -0.0412. The van der Waals surface area contributed by atoms with Gasteiger partial charge >= 0.3 is 0 Å². The van der Waals surface area contributed by atoms with E-state index in [0.29, 0.717) is 24.6 Å². The summed E-state index contributed by atoms with van der Waals surface area (Å²) in [5.74, 6) is 1.45. The molecule has 2 aliphatic rings. The molecule has 1 heterocycles. The van der Waals surface area contributed by atoms with Gasteiger partial charge in [0.25, 0.3) is 0 Å². The van der Waals surface area contributed by atoms with Crippen LogP contribution in [0.1, 0.15) is 31.7 Å². The topological polar surface area (TPSA) is 54.3 Å². The number of rotatable bonds is 4. The second-order valence-corrected chi connectivity index (χ2v) is 6.19. The number of nitrogens with zero attached hydrogens (tertiary/aromatic N) is 1. The monoisotopic (exact) mass is 286 g/mol. The molecular formula is C17H22N2O2. The van der Waals surface area contributed by atoms with E-state index in [1.807, 2.05) is 12.1 Å². The number of ether oxygens (including phenoxy) is 2. The molecule has 0 amide bonds. The molecule has 4 nitrogen and oxygen atoms in total. The number of nitrogens with one attached hydrogen (secondary N) is 1. The Morgan fingerprint density at radius 2 is 2.29 bits per heavy atom. The molecule has 1 aliphatic carbocycles. The molecule has 5 atom stereocenters. The van der Waals surface area contributed by atoms with Crippen molar-refractivity contribution in [1.82, 2.24) is 5.32 Å². The van der Waals surface area contributed by atoms with Gasteiger partial charge in [-0.05, 0) is 38.0 Å². The minimum atomic E-state index is 0.0811. The fraction of sp³-hybridized carbons (Fsp3) is 0.588. The third-order valence-electron chi connectivity index (χ3n) is 4.32. The molecule has 112 valence electrons. The van der Waals surface area contributed by atoms with E-state index in [2.05, 4.69) is 37.4 Å². The van der Waals surface area contributed by atoms with Gasteiger partial charge in [-0.2, -0.15) is 5.26 Å². The summed E-state index contributed by atoms with van der Waals surface area (Å²) in [6.07, 6.45) is 1.06. The van der Waals surface area contributed by atoms with Crippen molar-refractivity contribution in [3.63, 3.8) is 0 Å².